The number of amides is 2. The molecule has 0 aliphatic heterocycles. The number of carbonyl (C=O) groups is 4. The molecule has 1 rings (SSSR count). The van der Waals surface area contributed by atoms with E-state index in [4.69, 9.17) is 10.5 Å². The SMILES string of the molecule is CCOC(=O)C[C@H](c1ccc([N+](=O)[O-])cc1)[C@@H](NC(=O)COC(C)=O)C(N)=O. The fourth-order valence-corrected chi connectivity index (χ4v) is 2.42. The molecule has 11 nitrogen and oxygen atoms in total. The van der Waals surface area contributed by atoms with E-state index in [9.17, 15) is 29.3 Å². The summed E-state index contributed by atoms with van der Waals surface area (Å²) in [6.07, 6.45) is -0.312. The second kappa shape index (κ2) is 10.6. The first-order valence-electron chi connectivity index (χ1n) is 8.27. The molecule has 11 heteroatoms. The number of nitrogens with zero attached hydrogens (tertiary/aromatic N) is 1. The van der Waals surface area contributed by atoms with Gasteiger partial charge in [0.05, 0.1) is 18.0 Å². The summed E-state index contributed by atoms with van der Waals surface area (Å²) in [5.41, 5.74) is 5.56. The van der Waals surface area contributed by atoms with Crippen LogP contribution in [0.4, 0.5) is 5.69 Å². The van der Waals surface area contributed by atoms with Gasteiger partial charge < -0.3 is 20.5 Å². The Balaban J connectivity index is 3.15. The number of esters is 2. The summed E-state index contributed by atoms with van der Waals surface area (Å²) >= 11 is 0. The van der Waals surface area contributed by atoms with Crippen LogP contribution in [0.3, 0.4) is 0 Å². The molecular weight excluding hydrogens is 374 g/mol. The van der Waals surface area contributed by atoms with Crippen LogP contribution < -0.4 is 11.1 Å². The van der Waals surface area contributed by atoms with E-state index >= 15 is 0 Å². The lowest BCUT2D eigenvalue weighted by Crippen LogP contribution is -2.49. The topological polar surface area (TPSA) is 168 Å². The molecule has 2 atom stereocenters. The van der Waals surface area contributed by atoms with Gasteiger partial charge in [-0.05, 0) is 12.5 Å². The number of benzene rings is 1. The lowest BCUT2D eigenvalue weighted by Gasteiger charge is -2.25. The van der Waals surface area contributed by atoms with E-state index < -0.39 is 47.2 Å². The fourth-order valence-electron chi connectivity index (χ4n) is 2.42. The zero-order valence-corrected chi connectivity index (χ0v) is 15.4. The van der Waals surface area contributed by atoms with Gasteiger partial charge in [-0.25, -0.2) is 0 Å². The monoisotopic (exact) mass is 395 g/mol. The summed E-state index contributed by atoms with van der Waals surface area (Å²) in [6.45, 7) is 2.18. The third kappa shape index (κ3) is 7.02. The highest BCUT2D eigenvalue weighted by Crippen LogP contribution is 2.26. The molecule has 0 saturated carbocycles. The third-order valence-corrected chi connectivity index (χ3v) is 3.66. The molecular formula is C17H21N3O8. The van der Waals surface area contributed by atoms with Gasteiger partial charge >= 0.3 is 11.9 Å². The van der Waals surface area contributed by atoms with Gasteiger partial charge in [0, 0.05) is 25.0 Å². The van der Waals surface area contributed by atoms with Crippen molar-refractivity contribution in [2.75, 3.05) is 13.2 Å². The lowest BCUT2D eigenvalue weighted by atomic mass is 9.87. The molecule has 2 amide bonds. The van der Waals surface area contributed by atoms with Crippen LogP contribution in [0.2, 0.25) is 0 Å². The second-order valence-corrected chi connectivity index (χ2v) is 5.69. The van der Waals surface area contributed by atoms with E-state index in [-0.39, 0.29) is 18.7 Å². The van der Waals surface area contributed by atoms with Crippen LogP contribution in [-0.4, -0.2) is 47.9 Å². The summed E-state index contributed by atoms with van der Waals surface area (Å²) < 4.78 is 9.45. The molecule has 0 bridgehead atoms. The molecule has 0 aliphatic carbocycles. The maximum absolute atomic E-state index is 12.0. The molecule has 0 fully saturated rings. The molecule has 28 heavy (non-hydrogen) atoms. The summed E-state index contributed by atoms with van der Waals surface area (Å²) in [4.78, 5) is 56.9. The van der Waals surface area contributed by atoms with Crippen molar-refractivity contribution in [1.82, 2.24) is 5.32 Å². The van der Waals surface area contributed by atoms with Gasteiger partial charge in [-0.1, -0.05) is 12.1 Å². The Labute approximate surface area is 160 Å². The van der Waals surface area contributed by atoms with Crippen LogP contribution in [0.25, 0.3) is 0 Å². The normalized spacial score (nSPS) is 12.4. The smallest absolute Gasteiger partial charge is 0.306 e. The Morgan fingerprint density at radius 2 is 1.79 bits per heavy atom. The van der Waals surface area contributed by atoms with Gasteiger partial charge in [0.25, 0.3) is 11.6 Å². The highest BCUT2D eigenvalue weighted by molar-refractivity contribution is 5.89. The van der Waals surface area contributed by atoms with Crippen molar-refractivity contribution in [3.8, 4) is 0 Å². The van der Waals surface area contributed by atoms with Crippen LogP contribution in [-0.2, 0) is 28.7 Å². The van der Waals surface area contributed by atoms with Crippen molar-refractivity contribution in [2.45, 2.75) is 32.2 Å². The minimum absolute atomic E-state index is 0.103. The van der Waals surface area contributed by atoms with E-state index in [0.29, 0.717) is 5.56 Å². The molecule has 0 unspecified atom stereocenters. The van der Waals surface area contributed by atoms with Crippen LogP contribution in [0.5, 0.6) is 0 Å². The Morgan fingerprint density at radius 3 is 2.25 bits per heavy atom. The van der Waals surface area contributed by atoms with Gasteiger partial charge in [0.1, 0.15) is 6.04 Å². The van der Waals surface area contributed by atoms with E-state index in [1.54, 1.807) is 6.92 Å². The van der Waals surface area contributed by atoms with Crippen molar-refractivity contribution in [3.63, 3.8) is 0 Å². The third-order valence-electron chi connectivity index (χ3n) is 3.66. The number of nitro groups is 1. The summed E-state index contributed by atoms with van der Waals surface area (Å²) in [5, 5.41) is 13.1. The predicted molar refractivity (Wildman–Crippen MR) is 94.8 cm³/mol. The highest BCUT2D eigenvalue weighted by Gasteiger charge is 2.32. The van der Waals surface area contributed by atoms with E-state index in [1.165, 1.54) is 24.3 Å². The van der Waals surface area contributed by atoms with Crippen LogP contribution in [0.1, 0.15) is 31.7 Å². The van der Waals surface area contributed by atoms with Crippen molar-refractivity contribution in [2.24, 2.45) is 5.73 Å². The minimum atomic E-state index is -1.34. The van der Waals surface area contributed by atoms with E-state index in [0.717, 1.165) is 6.92 Å². The van der Waals surface area contributed by atoms with Crippen molar-refractivity contribution in [3.05, 3.63) is 39.9 Å². The number of primary amides is 1. The molecule has 1 aromatic carbocycles. The second-order valence-electron chi connectivity index (χ2n) is 5.69. The average molecular weight is 395 g/mol. The van der Waals surface area contributed by atoms with Crippen LogP contribution in [0, 0.1) is 10.1 Å². The van der Waals surface area contributed by atoms with Gasteiger partial charge in [0.2, 0.25) is 5.91 Å². The standard InChI is InChI=1S/C17H21N3O8/c1-3-27-15(23)8-13(11-4-6-12(7-5-11)20(25)26)16(17(18)24)19-14(22)9-28-10(2)21/h4-7,13,16H,3,8-9H2,1-2H3,(H2,18,24)(H,19,22)/t13-,16-/m1/s1. The van der Waals surface area contributed by atoms with Crippen LogP contribution in [0.15, 0.2) is 24.3 Å². The molecule has 1 aromatic rings. The van der Waals surface area contributed by atoms with Gasteiger partial charge in [-0.15, -0.1) is 0 Å². The van der Waals surface area contributed by atoms with Gasteiger partial charge in [0.15, 0.2) is 6.61 Å². The number of ether oxygens (including phenoxy) is 2. The number of non-ortho nitro benzene ring substituents is 1. The first-order valence-corrected chi connectivity index (χ1v) is 8.27. The van der Waals surface area contributed by atoms with E-state index in [1.807, 2.05) is 0 Å². The number of carbonyl (C=O) groups excluding carboxylic acids is 4. The number of nitrogens with one attached hydrogen (secondary N) is 1. The quantitative estimate of drug-likeness (QED) is 0.321. The summed E-state index contributed by atoms with van der Waals surface area (Å²) in [7, 11) is 0. The van der Waals surface area contributed by atoms with Gasteiger partial charge in [-0.2, -0.15) is 0 Å². The molecule has 0 aliphatic rings. The molecule has 0 radical (unpaired) electrons. The largest absolute Gasteiger partial charge is 0.466 e. The fraction of sp³-hybridized carbons (Fsp3) is 0.412. The number of nitrogens with two attached hydrogens (primary N) is 1. The van der Waals surface area contributed by atoms with E-state index in [2.05, 4.69) is 10.1 Å². The molecule has 0 aromatic heterocycles. The van der Waals surface area contributed by atoms with Crippen molar-refractivity contribution >= 4 is 29.4 Å². The Bertz CT molecular complexity index is 747. The van der Waals surface area contributed by atoms with Crippen molar-refractivity contribution in [1.29, 1.82) is 0 Å². The molecule has 0 saturated heterocycles. The number of hydrogen-bond acceptors (Lipinski definition) is 8. The maximum atomic E-state index is 12.0. The van der Waals surface area contributed by atoms with Crippen LogP contribution >= 0.6 is 0 Å². The molecule has 0 spiro atoms. The number of rotatable bonds is 10. The Kier molecular flexibility index (Phi) is 8.53. The average Bonchev–Trinajstić information content (AvgIpc) is 2.63. The Morgan fingerprint density at radius 1 is 1.18 bits per heavy atom. The molecule has 3 N–H and O–H groups in total. The Hall–Kier alpha value is -3.50. The first kappa shape index (κ1) is 22.5. The predicted octanol–water partition coefficient (Wildman–Crippen LogP) is 0.165. The molecule has 0 heterocycles. The lowest BCUT2D eigenvalue weighted by molar-refractivity contribution is -0.384. The number of hydrogen-bond donors (Lipinski definition) is 2. The number of nitro benzene ring substituents is 1. The zero-order valence-electron chi connectivity index (χ0n) is 15.4. The van der Waals surface area contributed by atoms with Crippen molar-refractivity contribution < 1.29 is 33.6 Å². The minimum Gasteiger partial charge on any atom is -0.466 e. The summed E-state index contributed by atoms with van der Waals surface area (Å²) in [6, 6.07) is 3.78. The zero-order chi connectivity index (χ0) is 21.3. The highest BCUT2D eigenvalue weighted by atomic mass is 16.6. The molecule has 152 valence electrons. The first-order chi connectivity index (χ1) is 13.1. The summed E-state index contributed by atoms with van der Waals surface area (Å²) in [5.74, 6) is -4.02. The maximum Gasteiger partial charge on any atom is 0.306 e. The van der Waals surface area contributed by atoms with Gasteiger partial charge in [-0.3, -0.25) is 29.3 Å².